The Kier molecular flexibility index (Phi) is 7.19. The first-order valence-corrected chi connectivity index (χ1v) is 10.3. The second-order valence-electron chi connectivity index (χ2n) is 7.63. The van der Waals surface area contributed by atoms with Crippen molar-refractivity contribution >= 4 is 5.91 Å². The zero-order valence-electron chi connectivity index (χ0n) is 17.7. The average Bonchev–Trinajstić information content (AvgIpc) is 3.18. The number of nitrogens with zero attached hydrogens (tertiary/aromatic N) is 2. The lowest BCUT2D eigenvalue weighted by atomic mass is 10.0. The molecule has 0 unspecified atom stereocenters. The number of carbonyl (C=O) groups excluding carboxylic acids is 1. The van der Waals surface area contributed by atoms with Crippen LogP contribution in [0.1, 0.15) is 46.1 Å². The molecular weight excluding hydrogens is 446 g/mol. The summed E-state index contributed by atoms with van der Waals surface area (Å²) in [4.78, 5) is 14.3. The maximum atomic E-state index is 13.2. The Labute approximate surface area is 187 Å². The second-order valence-corrected chi connectivity index (χ2v) is 7.63. The minimum Gasteiger partial charge on any atom is -0.345 e. The van der Waals surface area contributed by atoms with Crippen LogP contribution >= 0.6 is 0 Å². The smallest absolute Gasteiger partial charge is 0.345 e. The maximum Gasteiger partial charge on any atom is 0.416 e. The zero-order valence-corrected chi connectivity index (χ0v) is 17.7. The molecule has 0 saturated carbocycles. The summed E-state index contributed by atoms with van der Waals surface area (Å²) in [6.45, 7) is 2.51. The van der Waals surface area contributed by atoms with Crippen molar-refractivity contribution in [2.75, 3.05) is 6.54 Å². The van der Waals surface area contributed by atoms with Gasteiger partial charge in [-0.2, -0.15) is 26.3 Å². The molecule has 3 nitrogen and oxygen atoms in total. The highest BCUT2D eigenvalue weighted by atomic mass is 19.4. The molecule has 0 aliphatic heterocycles. The number of carbonyl (C=O) groups is 1. The van der Waals surface area contributed by atoms with Crippen LogP contribution in [0.25, 0.3) is 0 Å². The molecule has 0 aliphatic carbocycles. The van der Waals surface area contributed by atoms with E-state index in [1.165, 1.54) is 4.90 Å². The van der Waals surface area contributed by atoms with Gasteiger partial charge in [0.25, 0.3) is 5.91 Å². The van der Waals surface area contributed by atoms with Gasteiger partial charge in [-0.3, -0.25) is 4.79 Å². The van der Waals surface area contributed by atoms with Crippen molar-refractivity contribution in [3.8, 4) is 0 Å². The summed E-state index contributed by atoms with van der Waals surface area (Å²) in [7, 11) is 0. The molecular formula is C24H22F6N2O. The van der Waals surface area contributed by atoms with Gasteiger partial charge in [0.05, 0.1) is 17.7 Å². The zero-order chi connectivity index (χ0) is 24.2. The lowest BCUT2D eigenvalue weighted by Gasteiger charge is -2.24. The first kappa shape index (κ1) is 24.4. The molecule has 3 rings (SSSR count). The van der Waals surface area contributed by atoms with Gasteiger partial charge in [-0.15, -0.1) is 0 Å². The summed E-state index contributed by atoms with van der Waals surface area (Å²) in [6, 6.07) is 14.0. The first-order chi connectivity index (χ1) is 15.5. The third-order valence-corrected chi connectivity index (χ3v) is 5.09. The van der Waals surface area contributed by atoms with Gasteiger partial charge in [0, 0.05) is 30.5 Å². The molecule has 0 N–H and O–H groups in total. The molecule has 2 aromatic carbocycles. The number of benzene rings is 2. The molecule has 1 amide bonds. The van der Waals surface area contributed by atoms with Crippen LogP contribution in [0.5, 0.6) is 0 Å². The summed E-state index contributed by atoms with van der Waals surface area (Å²) in [5, 5.41) is 0. The van der Waals surface area contributed by atoms with E-state index in [0.717, 1.165) is 5.56 Å². The van der Waals surface area contributed by atoms with E-state index in [2.05, 4.69) is 0 Å². The van der Waals surface area contributed by atoms with Crippen LogP contribution in [-0.4, -0.2) is 21.9 Å². The van der Waals surface area contributed by atoms with Crippen molar-refractivity contribution in [1.29, 1.82) is 0 Å². The van der Waals surface area contributed by atoms with Crippen LogP contribution in [0.4, 0.5) is 26.3 Å². The number of alkyl halides is 6. The summed E-state index contributed by atoms with van der Waals surface area (Å²) >= 11 is 0. The molecule has 33 heavy (non-hydrogen) atoms. The number of hydrogen-bond acceptors (Lipinski definition) is 1. The summed E-state index contributed by atoms with van der Waals surface area (Å²) in [5.41, 5.74) is -1.94. The van der Waals surface area contributed by atoms with E-state index in [1.807, 2.05) is 41.1 Å². The van der Waals surface area contributed by atoms with Crippen molar-refractivity contribution in [2.24, 2.45) is 0 Å². The van der Waals surface area contributed by atoms with E-state index in [9.17, 15) is 31.1 Å². The standard InChI is InChI=1S/C24H22F6N2O/c1-2-10-32(16-21-9-6-11-31(21)15-17-7-4-3-5-8-17)22(33)18-12-19(23(25,26)27)14-20(13-18)24(28,29)30/h3-9,11-14H,2,10,15-16H2,1H3. The first-order valence-electron chi connectivity index (χ1n) is 10.3. The number of halogens is 6. The van der Waals surface area contributed by atoms with E-state index in [1.54, 1.807) is 19.1 Å². The molecule has 1 aromatic heterocycles. The Hall–Kier alpha value is -3.23. The van der Waals surface area contributed by atoms with Crippen molar-refractivity contribution in [3.05, 3.63) is 94.8 Å². The van der Waals surface area contributed by atoms with Crippen LogP contribution in [-0.2, 0) is 25.4 Å². The van der Waals surface area contributed by atoms with Gasteiger partial charge in [-0.1, -0.05) is 37.3 Å². The van der Waals surface area contributed by atoms with Crippen LogP contribution in [0.15, 0.2) is 66.9 Å². The van der Waals surface area contributed by atoms with Gasteiger partial charge >= 0.3 is 12.4 Å². The number of rotatable bonds is 7. The minimum absolute atomic E-state index is 0.0198. The molecule has 176 valence electrons. The fraction of sp³-hybridized carbons (Fsp3) is 0.292. The number of aromatic nitrogens is 1. The Balaban J connectivity index is 1.92. The van der Waals surface area contributed by atoms with Crippen LogP contribution < -0.4 is 0 Å². The highest BCUT2D eigenvalue weighted by Gasteiger charge is 2.38. The predicted molar refractivity (Wildman–Crippen MR) is 111 cm³/mol. The fourth-order valence-electron chi connectivity index (χ4n) is 3.51. The summed E-state index contributed by atoms with van der Waals surface area (Å²) in [6.07, 6.45) is -7.74. The lowest BCUT2D eigenvalue weighted by molar-refractivity contribution is -0.143. The fourth-order valence-corrected chi connectivity index (χ4v) is 3.51. The summed E-state index contributed by atoms with van der Waals surface area (Å²) < 4.78 is 81.2. The lowest BCUT2D eigenvalue weighted by Crippen LogP contribution is -2.32. The SMILES string of the molecule is CCCN(Cc1cccn1Cc1ccccc1)C(=O)c1cc(C(F)(F)F)cc(C(F)(F)F)c1. The van der Waals surface area contributed by atoms with Crippen LogP contribution in [0, 0.1) is 0 Å². The quantitative estimate of drug-likeness (QED) is 0.358. The molecule has 0 aliphatic rings. The normalized spacial score (nSPS) is 12.1. The van der Waals surface area contributed by atoms with Gasteiger partial charge in [0.1, 0.15) is 0 Å². The Morgan fingerprint density at radius 3 is 2.03 bits per heavy atom. The topological polar surface area (TPSA) is 25.2 Å². The van der Waals surface area contributed by atoms with Crippen LogP contribution in [0.2, 0.25) is 0 Å². The Morgan fingerprint density at radius 1 is 0.879 bits per heavy atom. The van der Waals surface area contributed by atoms with Gasteiger partial charge in [0.15, 0.2) is 0 Å². The molecule has 0 atom stereocenters. The van der Waals surface area contributed by atoms with E-state index in [-0.39, 0.29) is 19.2 Å². The van der Waals surface area contributed by atoms with Crippen molar-refractivity contribution in [3.63, 3.8) is 0 Å². The number of amides is 1. The van der Waals surface area contributed by atoms with E-state index in [0.29, 0.717) is 30.8 Å². The third-order valence-electron chi connectivity index (χ3n) is 5.09. The predicted octanol–water partition coefficient (Wildman–Crippen LogP) is 6.63. The molecule has 0 bridgehead atoms. The second kappa shape index (κ2) is 9.72. The molecule has 9 heteroatoms. The number of hydrogen-bond donors (Lipinski definition) is 0. The molecule has 0 spiro atoms. The van der Waals surface area contributed by atoms with E-state index < -0.39 is 35.0 Å². The van der Waals surface area contributed by atoms with E-state index in [4.69, 9.17) is 0 Å². The van der Waals surface area contributed by atoms with Crippen molar-refractivity contribution in [1.82, 2.24) is 9.47 Å². The highest BCUT2D eigenvalue weighted by Crippen LogP contribution is 2.36. The van der Waals surface area contributed by atoms with Gasteiger partial charge in [-0.25, -0.2) is 0 Å². The monoisotopic (exact) mass is 468 g/mol. The van der Waals surface area contributed by atoms with Crippen molar-refractivity contribution < 1.29 is 31.1 Å². The third kappa shape index (κ3) is 6.18. The molecule has 0 saturated heterocycles. The Bertz CT molecular complexity index is 1050. The summed E-state index contributed by atoms with van der Waals surface area (Å²) in [5.74, 6) is -0.888. The van der Waals surface area contributed by atoms with Gasteiger partial charge in [-0.05, 0) is 42.3 Å². The van der Waals surface area contributed by atoms with Crippen LogP contribution in [0.3, 0.4) is 0 Å². The largest absolute Gasteiger partial charge is 0.416 e. The van der Waals surface area contributed by atoms with Gasteiger partial charge < -0.3 is 9.47 Å². The molecule has 0 radical (unpaired) electrons. The molecule has 1 heterocycles. The average molecular weight is 468 g/mol. The molecule has 3 aromatic rings. The highest BCUT2D eigenvalue weighted by molar-refractivity contribution is 5.94. The maximum absolute atomic E-state index is 13.2. The van der Waals surface area contributed by atoms with E-state index >= 15 is 0 Å². The Morgan fingerprint density at radius 2 is 1.48 bits per heavy atom. The van der Waals surface area contributed by atoms with Crippen molar-refractivity contribution in [2.45, 2.75) is 38.8 Å². The van der Waals surface area contributed by atoms with Gasteiger partial charge in [0.2, 0.25) is 0 Å². The minimum atomic E-state index is -5.02. The molecule has 0 fully saturated rings.